The monoisotopic (exact) mass is 267 g/mol. The van der Waals surface area contributed by atoms with Gasteiger partial charge in [0, 0.05) is 43.2 Å². The molecule has 1 aromatic carbocycles. The van der Waals surface area contributed by atoms with Gasteiger partial charge in [0.1, 0.15) is 0 Å². The molecular formula is C13H21N3O3. The van der Waals surface area contributed by atoms with Crippen molar-refractivity contribution in [2.24, 2.45) is 0 Å². The van der Waals surface area contributed by atoms with E-state index in [2.05, 4.69) is 18.7 Å². The molecule has 0 aliphatic carbocycles. The molecule has 106 valence electrons. The number of nitro benzene ring substituents is 1. The van der Waals surface area contributed by atoms with Crippen LogP contribution in [0, 0.1) is 10.1 Å². The number of rotatable bonds is 7. The van der Waals surface area contributed by atoms with Crippen molar-refractivity contribution in [3.63, 3.8) is 0 Å². The number of hydrogen-bond acceptors (Lipinski definition) is 5. The van der Waals surface area contributed by atoms with E-state index in [1.54, 1.807) is 19.2 Å². The Hall–Kier alpha value is -1.82. The first kappa shape index (κ1) is 15.2. The van der Waals surface area contributed by atoms with Crippen LogP contribution in [0.25, 0.3) is 0 Å². The van der Waals surface area contributed by atoms with Gasteiger partial charge in [0.05, 0.1) is 11.5 Å². The molecule has 0 aliphatic rings. The van der Waals surface area contributed by atoms with Gasteiger partial charge in [-0.1, -0.05) is 6.92 Å². The van der Waals surface area contributed by atoms with E-state index in [0.717, 1.165) is 12.1 Å². The molecule has 1 aromatic rings. The number of methoxy groups -OCH3 is 1. The van der Waals surface area contributed by atoms with Crippen LogP contribution in [0.4, 0.5) is 17.1 Å². The molecule has 0 saturated carbocycles. The van der Waals surface area contributed by atoms with Gasteiger partial charge in [-0.2, -0.15) is 0 Å². The molecule has 0 amide bonds. The van der Waals surface area contributed by atoms with Gasteiger partial charge in [-0.05, 0) is 19.4 Å². The molecule has 0 radical (unpaired) electrons. The number of hydrogen-bond donors (Lipinski definition) is 1. The maximum atomic E-state index is 10.9. The van der Waals surface area contributed by atoms with Crippen LogP contribution in [-0.2, 0) is 4.74 Å². The maximum Gasteiger partial charge on any atom is 0.273 e. The Morgan fingerprint density at radius 1 is 1.47 bits per heavy atom. The summed E-state index contributed by atoms with van der Waals surface area (Å²) in [6.07, 6.45) is 0.937. The van der Waals surface area contributed by atoms with Crippen molar-refractivity contribution >= 4 is 17.1 Å². The Morgan fingerprint density at radius 3 is 2.68 bits per heavy atom. The summed E-state index contributed by atoms with van der Waals surface area (Å²) < 4.78 is 5.09. The third-order valence-corrected chi connectivity index (χ3v) is 3.13. The number of nitrogens with zero attached hydrogens (tertiary/aromatic N) is 2. The van der Waals surface area contributed by atoms with E-state index >= 15 is 0 Å². The third-order valence-electron chi connectivity index (χ3n) is 3.13. The lowest BCUT2D eigenvalue weighted by Gasteiger charge is -2.30. The van der Waals surface area contributed by atoms with E-state index < -0.39 is 4.92 Å². The Kier molecular flexibility index (Phi) is 5.57. The van der Waals surface area contributed by atoms with Crippen LogP contribution in [0.15, 0.2) is 18.2 Å². The van der Waals surface area contributed by atoms with Crippen LogP contribution < -0.4 is 10.6 Å². The number of anilines is 2. The van der Waals surface area contributed by atoms with Crippen molar-refractivity contribution < 1.29 is 9.66 Å². The van der Waals surface area contributed by atoms with E-state index in [-0.39, 0.29) is 11.7 Å². The van der Waals surface area contributed by atoms with Crippen LogP contribution in [0.3, 0.4) is 0 Å². The average molecular weight is 267 g/mol. The SMILES string of the molecule is CCC(C)N(CCOC)c1cc(N)cc([N+](=O)[O-])c1. The number of nitro groups is 1. The molecular weight excluding hydrogens is 246 g/mol. The molecule has 2 N–H and O–H groups in total. The van der Waals surface area contributed by atoms with Crippen molar-refractivity contribution in [3.8, 4) is 0 Å². The van der Waals surface area contributed by atoms with E-state index in [1.165, 1.54) is 6.07 Å². The number of non-ortho nitro benzene ring substituents is 1. The minimum atomic E-state index is -0.426. The largest absolute Gasteiger partial charge is 0.398 e. The van der Waals surface area contributed by atoms with Crippen LogP contribution >= 0.6 is 0 Å². The summed E-state index contributed by atoms with van der Waals surface area (Å²) >= 11 is 0. The molecule has 6 nitrogen and oxygen atoms in total. The molecule has 1 unspecified atom stereocenters. The molecule has 0 aliphatic heterocycles. The Bertz CT molecular complexity index is 437. The second-order valence-corrected chi connectivity index (χ2v) is 4.48. The van der Waals surface area contributed by atoms with E-state index in [9.17, 15) is 10.1 Å². The zero-order valence-corrected chi connectivity index (χ0v) is 11.6. The van der Waals surface area contributed by atoms with E-state index in [0.29, 0.717) is 18.8 Å². The first-order valence-electron chi connectivity index (χ1n) is 6.30. The zero-order chi connectivity index (χ0) is 14.4. The number of nitrogen functional groups attached to an aromatic ring is 1. The summed E-state index contributed by atoms with van der Waals surface area (Å²) in [5.41, 5.74) is 6.92. The summed E-state index contributed by atoms with van der Waals surface area (Å²) in [7, 11) is 1.64. The molecule has 0 heterocycles. The summed E-state index contributed by atoms with van der Waals surface area (Å²) in [6, 6.07) is 4.94. The Morgan fingerprint density at radius 2 is 2.16 bits per heavy atom. The minimum Gasteiger partial charge on any atom is -0.398 e. The molecule has 0 spiro atoms. The first-order valence-corrected chi connectivity index (χ1v) is 6.30. The van der Waals surface area contributed by atoms with Gasteiger partial charge in [-0.15, -0.1) is 0 Å². The fourth-order valence-electron chi connectivity index (χ4n) is 1.90. The summed E-state index contributed by atoms with van der Waals surface area (Å²) in [5, 5.41) is 10.9. The molecule has 1 atom stereocenters. The van der Waals surface area contributed by atoms with Gasteiger partial charge in [-0.3, -0.25) is 10.1 Å². The van der Waals surface area contributed by atoms with Gasteiger partial charge < -0.3 is 15.4 Å². The van der Waals surface area contributed by atoms with Crippen LogP contribution in [0.1, 0.15) is 20.3 Å². The van der Waals surface area contributed by atoms with Gasteiger partial charge in [0.15, 0.2) is 0 Å². The highest BCUT2D eigenvalue weighted by molar-refractivity contribution is 5.63. The molecule has 19 heavy (non-hydrogen) atoms. The van der Waals surface area contributed by atoms with Crippen molar-refractivity contribution in [1.29, 1.82) is 0 Å². The molecule has 0 aromatic heterocycles. The van der Waals surface area contributed by atoms with Gasteiger partial charge in [-0.25, -0.2) is 0 Å². The summed E-state index contributed by atoms with van der Waals surface area (Å²) in [4.78, 5) is 12.5. The third kappa shape index (κ3) is 4.10. The van der Waals surface area contributed by atoms with Gasteiger partial charge in [0.2, 0.25) is 0 Å². The number of nitrogens with two attached hydrogens (primary N) is 1. The number of ether oxygens (including phenoxy) is 1. The fraction of sp³-hybridized carbons (Fsp3) is 0.538. The van der Waals surface area contributed by atoms with Crippen molar-refractivity contribution in [2.45, 2.75) is 26.3 Å². The van der Waals surface area contributed by atoms with Crippen LogP contribution in [-0.4, -0.2) is 31.2 Å². The molecule has 1 rings (SSSR count). The van der Waals surface area contributed by atoms with Crippen molar-refractivity contribution in [3.05, 3.63) is 28.3 Å². The highest BCUT2D eigenvalue weighted by atomic mass is 16.6. The molecule has 0 bridgehead atoms. The van der Waals surface area contributed by atoms with Crippen molar-refractivity contribution in [2.75, 3.05) is 30.9 Å². The lowest BCUT2D eigenvalue weighted by molar-refractivity contribution is -0.384. The van der Waals surface area contributed by atoms with Crippen LogP contribution in [0.2, 0.25) is 0 Å². The topological polar surface area (TPSA) is 81.6 Å². The van der Waals surface area contributed by atoms with E-state index in [1.807, 2.05) is 0 Å². The smallest absolute Gasteiger partial charge is 0.273 e. The summed E-state index contributed by atoms with van der Waals surface area (Å²) in [6.45, 7) is 5.38. The lowest BCUT2D eigenvalue weighted by atomic mass is 10.1. The second kappa shape index (κ2) is 6.94. The van der Waals surface area contributed by atoms with E-state index in [4.69, 9.17) is 10.5 Å². The van der Waals surface area contributed by atoms with Crippen molar-refractivity contribution in [1.82, 2.24) is 0 Å². The number of benzene rings is 1. The second-order valence-electron chi connectivity index (χ2n) is 4.48. The maximum absolute atomic E-state index is 10.9. The first-order chi connectivity index (χ1) is 8.99. The molecule has 0 fully saturated rings. The summed E-state index contributed by atoms with van der Waals surface area (Å²) in [5.74, 6) is 0. The zero-order valence-electron chi connectivity index (χ0n) is 11.6. The minimum absolute atomic E-state index is 0.0146. The molecule has 6 heteroatoms. The standard InChI is InChI=1S/C13H21N3O3/c1-4-10(2)15(5-6-19-3)12-7-11(14)8-13(9-12)16(17)18/h7-10H,4-6,14H2,1-3H3. The lowest BCUT2D eigenvalue weighted by Crippen LogP contribution is -2.35. The molecule has 0 saturated heterocycles. The van der Waals surface area contributed by atoms with Crippen LogP contribution in [0.5, 0.6) is 0 Å². The van der Waals surface area contributed by atoms with Gasteiger partial charge >= 0.3 is 0 Å². The quantitative estimate of drug-likeness (QED) is 0.466. The normalized spacial score (nSPS) is 12.2. The predicted molar refractivity (Wildman–Crippen MR) is 76.5 cm³/mol. The Labute approximate surface area is 113 Å². The Balaban J connectivity index is 3.10. The average Bonchev–Trinajstić information content (AvgIpc) is 2.38. The highest BCUT2D eigenvalue weighted by Crippen LogP contribution is 2.27. The fourth-order valence-corrected chi connectivity index (χ4v) is 1.90. The highest BCUT2D eigenvalue weighted by Gasteiger charge is 2.17. The van der Waals surface area contributed by atoms with Gasteiger partial charge in [0.25, 0.3) is 5.69 Å². The predicted octanol–water partition coefficient (Wildman–Crippen LogP) is 2.43.